The summed E-state index contributed by atoms with van der Waals surface area (Å²) in [4.78, 5) is 21.8. The van der Waals surface area contributed by atoms with Crippen molar-refractivity contribution in [1.29, 1.82) is 5.26 Å². The number of hydrogen-bond acceptors (Lipinski definition) is 6. The van der Waals surface area contributed by atoms with Crippen molar-refractivity contribution < 1.29 is 4.74 Å². The highest BCUT2D eigenvalue weighted by Gasteiger charge is 2.16. The van der Waals surface area contributed by atoms with Gasteiger partial charge in [0.1, 0.15) is 29.5 Å². The van der Waals surface area contributed by atoms with E-state index < -0.39 is 0 Å². The number of halogens is 1. The highest BCUT2D eigenvalue weighted by atomic mass is 35.5. The van der Waals surface area contributed by atoms with Gasteiger partial charge >= 0.3 is 0 Å². The summed E-state index contributed by atoms with van der Waals surface area (Å²) in [5.74, 6) is 0.603. The third-order valence-electron chi connectivity index (χ3n) is 6.17. The Morgan fingerprint density at radius 2 is 1.95 bits per heavy atom. The van der Waals surface area contributed by atoms with E-state index in [1.165, 1.54) is 10.6 Å². The zero-order valence-corrected chi connectivity index (χ0v) is 21.3. The molecule has 0 unspecified atom stereocenters. The first-order valence-electron chi connectivity index (χ1n) is 11.6. The number of fused-ring (bicyclic) bond motifs is 1. The molecule has 1 aromatic carbocycles. The van der Waals surface area contributed by atoms with Gasteiger partial charge in [0.2, 0.25) is 0 Å². The van der Waals surface area contributed by atoms with Gasteiger partial charge in [-0.15, -0.1) is 0 Å². The zero-order valence-electron chi connectivity index (χ0n) is 20.6. The number of para-hydroxylation sites is 1. The van der Waals surface area contributed by atoms with Crippen molar-refractivity contribution in [3.63, 3.8) is 0 Å². The molecule has 0 saturated heterocycles. The van der Waals surface area contributed by atoms with Gasteiger partial charge in [-0.2, -0.15) is 10.4 Å². The lowest BCUT2D eigenvalue weighted by atomic mass is 10.1. The minimum absolute atomic E-state index is 0.0771. The number of nitriles is 1. The average Bonchev–Trinajstić information content (AvgIpc) is 3.32. The van der Waals surface area contributed by atoms with Crippen LogP contribution in [0, 0.1) is 32.1 Å². The second-order valence-corrected chi connectivity index (χ2v) is 9.21. The van der Waals surface area contributed by atoms with Crippen molar-refractivity contribution in [3.05, 3.63) is 110 Å². The molecule has 0 bridgehead atoms. The predicted molar refractivity (Wildman–Crippen MR) is 141 cm³/mol. The molecule has 4 aromatic heterocycles. The summed E-state index contributed by atoms with van der Waals surface area (Å²) in [5, 5.41) is 15.1. The van der Waals surface area contributed by atoms with Gasteiger partial charge in [-0.05, 0) is 50.6 Å². The van der Waals surface area contributed by atoms with Crippen molar-refractivity contribution in [3.8, 4) is 17.5 Å². The minimum Gasteiger partial charge on any atom is -0.487 e. The average molecular weight is 511 g/mol. The molecule has 0 aliphatic rings. The van der Waals surface area contributed by atoms with Gasteiger partial charge in [0.15, 0.2) is 0 Å². The van der Waals surface area contributed by atoms with Crippen LogP contribution in [-0.2, 0) is 13.2 Å². The molecule has 0 saturated carbocycles. The first-order valence-corrected chi connectivity index (χ1v) is 12.0. The molecular formula is C28H23ClN6O2. The molecule has 5 rings (SSSR count). The van der Waals surface area contributed by atoms with Crippen molar-refractivity contribution in [1.82, 2.24) is 24.3 Å². The van der Waals surface area contributed by atoms with E-state index in [1.54, 1.807) is 18.5 Å². The summed E-state index contributed by atoms with van der Waals surface area (Å²) in [6, 6.07) is 12.9. The highest BCUT2D eigenvalue weighted by molar-refractivity contribution is 6.31. The predicted octanol–water partition coefficient (Wildman–Crippen LogP) is 5.05. The number of nitrogens with zero attached hydrogens (tertiary/aromatic N) is 6. The Labute approximate surface area is 218 Å². The van der Waals surface area contributed by atoms with Gasteiger partial charge in [-0.25, -0.2) is 9.67 Å². The van der Waals surface area contributed by atoms with Crippen LogP contribution in [0.1, 0.15) is 33.6 Å². The van der Waals surface area contributed by atoms with Crippen LogP contribution in [-0.4, -0.2) is 24.3 Å². The van der Waals surface area contributed by atoms with Crippen LogP contribution in [0.25, 0.3) is 16.6 Å². The van der Waals surface area contributed by atoms with Crippen molar-refractivity contribution in [2.45, 2.75) is 33.9 Å². The number of ether oxygens (including phenoxy) is 1. The lowest BCUT2D eigenvalue weighted by molar-refractivity contribution is 0.307. The third kappa shape index (κ3) is 4.69. The summed E-state index contributed by atoms with van der Waals surface area (Å²) in [7, 11) is 0. The smallest absolute Gasteiger partial charge is 0.268 e. The van der Waals surface area contributed by atoms with Crippen LogP contribution in [0.15, 0.2) is 66.0 Å². The van der Waals surface area contributed by atoms with E-state index in [-0.39, 0.29) is 24.3 Å². The molecule has 5 aromatic rings. The Balaban J connectivity index is 1.53. The second kappa shape index (κ2) is 9.88. The summed E-state index contributed by atoms with van der Waals surface area (Å²) >= 11 is 6.57. The molecule has 0 amide bonds. The standard InChI is InChI=1S/C28H23ClN6O2/c1-17-12-32-35(14-17)25-10-18(2)33-27-21(25)7-4-8-26(27)37-16-23-22(19(3)31-13-24(23)29)15-34-9-5-6-20(11-30)28(34)36/h4-10,12-14H,15-16H2,1-3H3. The monoisotopic (exact) mass is 510 g/mol. The molecule has 9 heteroatoms. The molecule has 8 nitrogen and oxygen atoms in total. The van der Waals surface area contributed by atoms with Crippen LogP contribution in [0.5, 0.6) is 5.75 Å². The first kappa shape index (κ1) is 24.2. The van der Waals surface area contributed by atoms with E-state index >= 15 is 0 Å². The van der Waals surface area contributed by atoms with E-state index in [0.29, 0.717) is 16.3 Å². The van der Waals surface area contributed by atoms with Crippen LogP contribution in [0.4, 0.5) is 0 Å². The van der Waals surface area contributed by atoms with E-state index in [2.05, 4.69) is 10.1 Å². The number of hydrogen-bond donors (Lipinski definition) is 0. The largest absolute Gasteiger partial charge is 0.487 e. The number of rotatable bonds is 6. The first-order chi connectivity index (χ1) is 17.9. The van der Waals surface area contributed by atoms with Crippen LogP contribution < -0.4 is 10.3 Å². The lowest BCUT2D eigenvalue weighted by Crippen LogP contribution is -2.23. The minimum atomic E-state index is -0.369. The maximum absolute atomic E-state index is 12.7. The van der Waals surface area contributed by atoms with Gasteiger partial charge in [-0.1, -0.05) is 23.7 Å². The normalized spacial score (nSPS) is 11.0. The molecule has 0 radical (unpaired) electrons. The summed E-state index contributed by atoms with van der Waals surface area (Å²) in [6.07, 6.45) is 7.01. The van der Waals surface area contributed by atoms with Crippen LogP contribution in [0.2, 0.25) is 5.02 Å². The molecule has 0 N–H and O–H groups in total. The Bertz CT molecular complexity index is 1750. The number of aryl methyl sites for hydroxylation is 3. The molecule has 0 spiro atoms. The number of aromatic nitrogens is 5. The summed E-state index contributed by atoms with van der Waals surface area (Å²) in [5.41, 5.74) is 5.44. The van der Waals surface area contributed by atoms with E-state index in [1.807, 2.05) is 68.2 Å². The topological polar surface area (TPSA) is 98.6 Å². The third-order valence-corrected chi connectivity index (χ3v) is 6.49. The molecule has 37 heavy (non-hydrogen) atoms. The Hall–Kier alpha value is -4.48. The number of pyridine rings is 3. The highest BCUT2D eigenvalue weighted by Crippen LogP contribution is 2.31. The molecule has 0 atom stereocenters. The maximum Gasteiger partial charge on any atom is 0.268 e. The fourth-order valence-corrected chi connectivity index (χ4v) is 4.50. The Morgan fingerprint density at radius 1 is 1.11 bits per heavy atom. The van der Waals surface area contributed by atoms with E-state index in [0.717, 1.165) is 39.2 Å². The summed E-state index contributed by atoms with van der Waals surface area (Å²) < 4.78 is 9.62. The maximum atomic E-state index is 12.7. The van der Waals surface area contributed by atoms with Gasteiger partial charge in [0.25, 0.3) is 5.56 Å². The van der Waals surface area contributed by atoms with Gasteiger partial charge < -0.3 is 9.30 Å². The lowest BCUT2D eigenvalue weighted by Gasteiger charge is -2.17. The fraction of sp³-hybridized carbons (Fsp3) is 0.179. The van der Waals surface area contributed by atoms with Gasteiger partial charge in [0, 0.05) is 46.5 Å². The van der Waals surface area contributed by atoms with Crippen molar-refractivity contribution >= 4 is 22.5 Å². The van der Waals surface area contributed by atoms with Crippen LogP contribution >= 0.6 is 11.6 Å². The molecule has 0 aliphatic heterocycles. The van der Waals surface area contributed by atoms with Gasteiger partial charge in [-0.3, -0.25) is 9.78 Å². The van der Waals surface area contributed by atoms with E-state index in [9.17, 15) is 10.1 Å². The van der Waals surface area contributed by atoms with Crippen LogP contribution in [0.3, 0.4) is 0 Å². The Kier molecular flexibility index (Phi) is 6.47. The quantitative estimate of drug-likeness (QED) is 0.317. The number of benzene rings is 1. The van der Waals surface area contributed by atoms with Gasteiger partial charge in [0.05, 0.1) is 23.5 Å². The molecular weight excluding hydrogens is 488 g/mol. The van der Waals surface area contributed by atoms with Crippen molar-refractivity contribution in [2.75, 3.05) is 0 Å². The molecule has 0 aliphatic carbocycles. The molecule has 0 fully saturated rings. The Morgan fingerprint density at radius 3 is 2.70 bits per heavy atom. The zero-order chi connectivity index (χ0) is 26.1. The molecule has 4 heterocycles. The second-order valence-electron chi connectivity index (χ2n) is 8.80. The molecule has 184 valence electrons. The van der Waals surface area contributed by atoms with E-state index in [4.69, 9.17) is 21.3 Å². The van der Waals surface area contributed by atoms with Crippen molar-refractivity contribution in [2.24, 2.45) is 0 Å². The summed E-state index contributed by atoms with van der Waals surface area (Å²) in [6.45, 7) is 6.15. The fourth-order valence-electron chi connectivity index (χ4n) is 4.28. The SMILES string of the molecule is Cc1cnn(-c2cc(C)nc3c(OCc4c(Cl)cnc(C)c4Cn4cccc(C#N)c4=O)cccc23)c1.